The second-order valence-electron chi connectivity index (χ2n) is 4.87. The first-order valence-corrected chi connectivity index (χ1v) is 7.12. The van der Waals surface area contributed by atoms with E-state index >= 15 is 0 Å². The van der Waals surface area contributed by atoms with Crippen LogP contribution in [0.2, 0.25) is 0 Å². The van der Waals surface area contributed by atoms with E-state index < -0.39 is 5.97 Å². The zero-order chi connectivity index (χ0) is 14.4. The molecule has 0 radical (unpaired) electrons. The number of ether oxygens (including phenoxy) is 2. The molecule has 0 atom stereocenters. The van der Waals surface area contributed by atoms with Gasteiger partial charge in [0.2, 0.25) is 0 Å². The van der Waals surface area contributed by atoms with E-state index in [9.17, 15) is 4.79 Å². The number of nitrogens with two attached hydrogens (primary N) is 1. The fourth-order valence-corrected chi connectivity index (χ4v) is 2.33. The molecule has 5 heteroatoms. The van der Waals surface area contributed by atoms with Crippen molar-refractivity contribution in [3.63, 3.8) is 0 Å². The normalized spacial score (nSPS) is 15.2. The van der Waals surface area contributed by atoms with Gasteiger partial charge in [-0.3, -0.25) is 4.90 Å². The fourth-order valence-electron chi connectivity index (χ4n) is 2.33. The molecule has 1 saturated heterocycles. The van der Waals surface area contributed by atoms with Crippen molar-refractivity contribution in [2.45, 2.75) is 19.8 Å². The monoisotopic (exact) mass is 278 g/mol. The van der Waals surface area contributed by atoms with E-state index in [2.05, 4.69) is 4.90 Å². The number of carbonyl (C=O) groups excluding carboxylic acids is 1. The van der Waals surface area contributed by atoms with Crippen LogP contribution in [0.25, 0.3) is 0 Å². The van der Waals surface area contributed by atoms with Gasteiger partial charge in [-0.2, -0.15) is 0 Å². The van der Waals surface area contributed by atoms with Crippen molar-refractivity contribution < 1.29 is 14.3 Å². The van der Waals surface area contributed by atoms with Crippen molar-refractivity contribution in [2.24, 2.45) is 0 Å². The van der Waals surface area contributed by atoms with Gasteiger partial charge in [0, 0.05) is 12.2 Å². The number of hydrogen-bond acceptors (Lipinski definition) is 5. The van der Waals surface area contributed by atoms with E-state index in [1.54, 1.807) is 25.1 Å². The van der Waals surface area contributed by atoms with E-state index in [0.717, 1.165) is 19.6 Å². The third-order valence-corrected chi connectivity index (χ3v) is 3.36. The van der Waals surface area contributed by atoms with E-state index in [-0.39, 0.29) is 0 Å². The van der Waals surface area contributed by atoms with Crippen LogP contribution in [-0.4, -0.2) is 43.7 Å². The number of anilines is 1. The molecule has 0 aromatic heterocycles. The maximum absolute atomic E-state index is 11.9. The van der Waals surface area contributed by atoms with Crippen molar-refractivity contribution in [1.29, 1.82) is 0 Å². The van der Waals surface area contributed by atoms with Crippen LogP contribution in [0.4, 0.5) is 5.69 Å². The van der Waals surface area contributed by atoms with Gasteiger partial charge in [0.25, 0.3) is 0 Å². The molecule has 5 nitrogen and oxygen atoms in total. The first-order valence-electron chi connectivity index (χ1n) is 7.12. The standard InChI is InChI=1S/C15H22N2O3/c1-2-19-15(18)13-11-12(16)5-6-14(13)20-10-9-17-7-3-4-8-17/h5-6,11H,2-4,7-10,16H2,1H3. The van der Waals surface area contributed by atoms with Crippen LogP contribution in [0.15, 0.2) is 18.2 Å². The van der Waals surface area contributed by atoms with Crippen LogP contribution in [-0.2, 0) is 4.74 Å². The molecule has 1 aliphatic heterocycles. The first kappa shape index (κ1) is 14.7. The molecule has 1 aromatic rings. The molecule has 2 rings (SSSR count). The molecule has 0 saturated carbocycles. The summed E-state index contributed by atoms with van der Waals surface area (Å²) in [6.45, 7) is 5.83. The second kappa shape index (κ2) is 7.14. The minimum atomic E-state index is -0.393. The van der Waals surface area contributed by atoms with Crippen molar-refractivity contribution in [3.05, 3.63) is 23.8 Å². The maximum atomic E-state index is 11.9. The molecule has 1 fully saturated rings. The predicted octanol–water partition coefficient (Wildman–Crippen LogP) is 1.92. The number of carbonyl (C=O) groups is 1. The Morgan fingerprint density at radius 2 is 2.10 bits per heavy atom. The number of benzene rings is 1. The summed E-state index contributed by atoms with van der Waals surface area (Å²) < 4.78 is 10.7. The van der Waals surface area contributed by atoms with E-state index in [1.165, 1.54) is 12.8 Å². The molecule has 20 heavy (non-hydrogen) atoms. The Morgan fingerprint density at radius 1 is 1.35 bits per heavy atom. The number of rotatable bonds is 6. The Balaban J connectivity index is 1.96. The summed E-state index contributed by atoms with van der Waals surface area (Å²) in [7, 11) is 0. The van der Waals surface area contributed by atoms with E-state index in [1.807, 2.05) is 0 Å². The molecule has 0 bridgehead atoms. The molecule has 2 N–H and O–H groups in total. The highest BCUT2D eigenvalue weighted by atomic mass is 16.5. The quantitative estimate of drug-likeness (QED) is 0.636. The lowest BCUT2D eigenvalue weighted by Crippen LogP contribution is -2.25. The van der Waals surface area contributed by atoms with Gasteiger partial charge in [0.15, 0.2) is 0 Å². The highest BCUT2D eigenvalue weighted by Crippen LogP contribution is 2.22. The van der Waals surface area contributed by atoms with Gasteiger partial charge in [0.05, 0.1) is 6.61 Å². The summed E-state index contributed by atoms with van der Waals surface area (Å²) >= 11 is 0. The van der Waals surface area contributed by atoms with E-state index in [0.29, 0.717) is 30.2 Å². The van der Waals surface area contributed by atoms with Crippen LogP contribution in [0, 0.1) is 0 Å². The van der Waals surface area contributed by atoms with Crippen molar-refractivity contribution in [1.82, 2.24) is 4.90 Å². The lowest BCUT2D eigenvalue weighted by atomic mass is 10.2. The lowest BCUT2D eigenvalue weighted by Gasteiger charge is -2.16. The van der Waals surface area contributed by atoms with Gasteiger partial charge in [-0.25, -0.2) is 4.79 Å². The summed E-state index contributed by atoms with van der Waals surface area (Å²) in [5.74, 6) is 0.146. The summed E-state index contributed by atoms with van der Waals surface area (Å²) in [5.41, 5.74) is 6.64. The molecular weight excluding hydrogens is 256 g/mol. The number of likely N-dealkylation sites (tertiary alicyclic amines) is 1. The average molecular weight is 278 g/mol. The summed E-state index contributed by atoms with van der Waals surface area (Å²) in [6, 6.07) is 5.06. The Bertz CT molecular complexity index is 456. The van der Waals surface area contributed by atoms with Gasteiger partial charge in [-0.05, 0) is 51.1 Å². The van der Waals surface area contributed by atoms with Crippen LogP contribution in [0.5, 0.6) is 5.75 Å². The second-order valence-corrected chi connectivity index (χ2v) is 4.87. The molecule has 0 unspecified atom stereocenters. The van der Waals surface area contributed by atoms with Gasteiger partial charge in [0.1, 0.15) is 17.9 Å². The minimum absolute atomic E-state index is 0.334. The third kappa shape index (κ3) is 3.87. The van der Waals surface area contributed by atoms with Crippen LogP contribution < -0.4 is 10.5 Å². The van der Waals surface area contributed by atoms with Crippen molar-refractivity contribution in [2.75, 3.05) is 38.6 Å². The molecule has 0 amide bonds. The fraction of sp³-hybridized carbons (Fsp3) is 0.533. The van der Waals surface area contributed by atoms with Crippen molar-refractivity contribution in [3.8, 4) is 5.75 Å². The van der Waals surface area contributed by atoms with Gasteiger partial charge in [-0.15, -0.1) is 0 Å². The Hall–Kier alpha value is -1.75. The molecule has 0 aliphatic carbocycles. The van der Waals surface area contributed by atoms with Crippen LogP contribution in [0.1, 0.15) is 30.1 Å². The lowest BCUT2D eigenvalue weighted by molar-refractivity contribution is 0.0521. The Morgan fingerprint density at radius 3 is 2.80 bits per heavy atom. The summed E-state index contributed by atoms with van der Waals surface area (Å²) in [6.07, 6.45) is 2.52. The Labute approximate surface area is 119 Å². The molecule has 1 aliphatic rings. The topological polar surface area (TPSA) is 64.8 Å². The Kier molecular flexibility index (Phi) is 5.24. The predicted molar refractivity (Wildman–Crippen MR) is 78.0 cm³/mol. The summed E-state index contributed by atoms with van der Waals surface area (Å²) in [5, 5.41) is 0. The molecule has 1 aromatic carbocycles. The maximum Gasteiger partial charge on any atom is 0.341 e. The van der Waals surface area contributed by atoms with E-state index in [4.69, 9.17) is 15.2 Å². The third-order valence-electron chi connectivity index (χ3n) is 3.36. The number of hydrogen-bond donors (Lipinski definition) is 1. The van der Waals surface area contributed by atoms with Gasteiger partial charge >= 0.3 is 5.97 Å². The first-order chi connectivity index (χ1) is 9.70. The number of nitrogen functional groups attached to an aromatic ring is 1. The molecule has 110 valence electrons. The highest BCUT2D eigenvalue weighted by Gasteiger charge is 2.15. The summed E-state index contributed by atoms with van der Waals surface area (Å²) in [4.78, 5) is 14.2. The smallest absolute Gasteiger partial charge is 0.341 e. The van der Waals surface area contributed by atoms with Crippen LogP contribution >= 0.6 is 0 Å². The number of esters is 1. The SMILES string of the molecule is CCOC(=O)c1cc(N)ccc1OCCN1CCCC1. The van der Waals surface area contributed by atoms with Crippen LogP contribution in [0.3, 0.4) is 0 Å². The zero-order valence-electron chi connectivity index (χ0n) is 11.9. The molecule has 0 spiro atoms. The highest BCUT2D eigenvalue weighted by molar-refractivity contribution is 5.93. The van der Waals surface area contributed by atoms with Gasteiger partial charge < -0.3 is 15.2 Å². The van der Waals surface area contributed by atoms with Crippen molar-refractivity contribution >= 4 is 11.7 Å². The number of nitrogens with zero attached hydrogens (tertiary/aromatic N) is 1. The van der Waals surface area contributed by atoms with Gasteiger partial charge in [-0.1, -0.05) is 0 Å². The molecule has 1 heterocycles. The average Bonchev–Trinajstić information content (AvgIpc) is 2.94. The molecular formula is C15H22N2O3. The largest absolute Gasteiger partial charge is 0.491 e. The minimum Gasteiger partial charge on any atom is -0.491 e. The zero-order valence-corrected chi connectivity index (χ0v) is 11.9.